The van der Waals surface area contributed by atoms with Crippen LogP contribution in [0.15, 0.2) is 23.1 Å². The highest BCUT2D eigenvalue weighted by Gasteiger charge is 2.23. The first-order valence-electron chi connectivity index (χ1n) is 5.93. The van der Waals surface area contributed by atoms with Gasteiger partial charge in [0.1, 0.15) is 0 Å². The van der Waals surface area contributed by atoms with E-state index in [0.29, 0.717) is 5.69 Å². The maximum Gasteiger partial charge on any atom is 0.175 e. The molecular weight excluding hydrogens is 248 g/mol. The van der Waals surface area contributed by atoms with Gasteiger partial charge in [0.25, 0.3) is 0 Å². The topological polar surface area (TPSA) is 63.4 Å². The van der Waals surface area contributed by atoms with Gasteiger partial charge in [-0.05, 0) is 38.5 Å². The van der Waals surface area contributed by atoms with Crippen LogP contribution < -0.4 is 10.6 Å². The van der Waals surface area contributed by atoms with E-state index in [1.165, 1.54) is 12.3 Å². The van der Waals surface area contributed by atoms with Gasteiger partial charge in [-0.3, -0.25) is 0 Å². The molecule has 102 valence electrons. The lowest BCUT2D eigenvalue weighted by Crippen LogP contribution is -2.40. The Morgan fingerprint density at radius 3 is 2.28 bits per heavy atom. The van der Waals surface area contributed by atoms with Crippen molar-refractivity contribution in [2.24, 2.45) is 0 Å². The van der Waals surface area contributed by atoms with Crippen molar-refractivity contribution in [3.05, 3.63) is 18.2 Å². The average molecular weight is 270 g/mol. The molecule has 0 amide bonds. The molecule has 0 heterocycles. The number of rotatable bonds is 4. The molecule has 1 aromatic carbocycles. The summed E-state index contributed by atoms with van der Waals surface area (Å²) in [6.07, 6.45) is 2.15. The molecular formula is C13H22N2O2S. The van der Waals surface area contributed by atoms with Crippen molar-refractivity contribution in [1.29, 1.82) is 0 Å². The Hall–Kier alpha value is -1.23. The highest BCUT2D eigenvalue weighted by atomic mass is 32.2. The minimum absolute atomic E-state index is 0.0271. The fourth-order valence-electron chi connectivity index (χ4n) is 1.63. The minimum atomic E-state index is -3.21. The van der Waals surface area contributed by atoms with Crippen LogP contribution in [0.5, 0.6) is 0 Å². The zero-order valence-corrected chi connectivity index (χ0v) is 12.5. The molecule has 0 saturated heterocycles. The summed E-state index contributed by atoms with van der Waals surface area (Å²) in [6.45, 7) is 6.35. The summed E-state index contributed by atoms with van der Waals surface area (Å²) < 4.78 is 22.9. The Kier molecular flexibility index (Phi) is 3.96. The number of benzene rings is 1. The Bertz CT molecular complexity index is 536. The summed E-state index contributed by atoms with van der Waals surface area (Å²) in [6, 6.07) is 4.89. The maximum absolute atomic E-state index is 11.5. The van der Waals surface area contributed by atoms with Crippen molar-refractivity contribution in [3.63, 3.8) is 0 Å². The third-order valence-corrected chi connectivity index (χ3v) is 4.67. The largest absolute Gasteiger partial charge is 0.397 e. The Morgan fingerprint density at radius 1 is 1.33 bits per heavy atom. The lowest BCUT2D eigenvalue weighted by molar-refractivity contribution is 0.471. The second-order valence-electron chi connectivity index (χ2n) is 5.22. The first-order chi connectivity index (χ1) is 8.09. The number of nitrogens with two attached hydrogens (primary N) is 1. The number of sulfone groups is 1. The molecule has 0 atom stereocenters. The van der Waals surface area contributed by atoms with Crippen LogP contribution >= 0.6 is 0 Å². The van der Waals surface area contributed by atoms with Crippen molar-refractivity contribution in [3.8, 4) is 0 Å². The van der Waals surface area contributed by atoms with Crippen molar-refractivity contribution in [2.45, 2.75) is 37.6 Å². The fraction of sp³-hybridized carbons (Fsp3) is 0.538. The van der Waals surface area contributed by atoms with Gasteiger partial charge >= 0.3 is 0 Å². The first-order valence-corrected chi connectivity index (χ1v) is 7.82. The van der Waals surface area contributed by atoms with Crippen molar-refractivity contribution < 1.29 is 8.42 Å². The van der Waals surface area contributed by atoms with Gasteiger partial charge in [0, 0.05) is 18.8 Å². The lowest BCUT2D eigenvalue weighted by Gasteiger charge is -2.37. The molecule has 2 N–H and O–H groups in total. The van der Waals surface area contributed by atoms with Crippen LogP contribution in [-0.2, 0) is 9.84 Å². The molecule has 0 aliphatic rings. The molecule has 0 radical (unpaired) electrons. The predicted octanol–water partition coefficient (Wildman–Crippen LogP) is 2.30. The van der Waals surface area contributed by atoms with Crippen LogP contribution in [0, 0.1) is 0 Å². The summed E-state index contributed by atoms with van der Waals surface area (Å²) in [4.78, 5) is 2.33. The van der Waals surface area contributed by atoms with Gasteiger partial charge < -0.3 is 10.6 Å². The average Bonchev–Trinajstić information content (AvgIpc) is 2.26. The zero-order valence-electron chi connectivity index (χ0n) is 11.7. The molecule has 5 heteroatoms. The minimum Gasteiger partial charge on any atom is -0.397 e. The number of hydrogen-bond acceptors (Lipinski definition) is 4. The van der Waals surface area contributed by atoms with E-state index in [2.05, 4.69) is 25.7 Å². The van der Waals surface area contributed by atoms with Gasteiger partial charge in [-0.25, -0.2) is 8.42 Å². The van der Waals surface area contributed by atoms with E-state index < -0.39 is 9.84 Å². The van der Waals surface area contributed by atoms with Gasteiger partial charge in [0.05, 0.1) is 16.3 Å². The molecule has 0 fully saturated rings. The smallest absolute Gasteiger partial charge is 0.175 e. The second kappa shape index (κ2) is 4.80. The summed E-state index contributed by atoms with van der Waals surface area (Å²) >= 11 is 0. The molecule has 0 bridgehead atoms. The predicted molar refractivity (Wildman–Crippen MR) is 76.7 cm³/mol. The molecule has 0 saturated carbocycles. The van der Waals surface area contributed by atoms with E-state index in [0.717, 1.165) is 12.1 Å². The van der Waals surface area contributed by atoms with Crippen LogP contribution in [0.3, 0.4) is 0 Å². The molecule has 0 aliphatic carbocycles. The number of nitrogen functional groups attached to an aromatic ring is 1. The van der Waals surface area contributed by atoms with Gasteiger partial charge in [-0.15, -0.1) is 0 Å². The Morgan fingerprint density at radius 2 is 1.89 bits per heavy atom. The van der Waals surface area contributed by atoms with Crippen molar-refractivity contribution in [2.75, 3.05) is 23.9 Å². The summed E-state index contributed by atoms with van der Waals surface area (Å²) in [5, 5.41) is 0. The molecule has 4 nitrogen and oxygen atoms in total. The van der Waals surface area contributed by atoms with Crippen LogP contribution in [0.2, 0.25) is 0 Å². The molecule has 0 aliphatic heterocycles. The Labute approximate surface area is 110 Å². The van der Waals surface area contributed by atoms with E-state index >= 15 is 0 Å². The molecule has 1 aromatic rings. The Balaban J connectivity index is 3.23. The van der Waals surface area contributed by atoms with Gasteiger partial charge in [-0.1, -0.05) is 6.92 Å². The van der Waals surface area contributed by atoms with E-state index in [-0.39, 0.29) is 10.4 Å². The van der Waals surface area contributed by atoms with E-state index in [4.69, 9.17) is 5.73 Å². The number of hydrogen-bond donors (Lipinski definition) is 1. The van der Waals surface area contributed by atoms with Gasteiger partial charge in [0.15, 0.2) is 9.84 Å². The fourth-order valence-corrected chi connectivity index (χ4v) is 2.29. The van der Waals surface area contributed by atoms with E-state index in [9.17, 15) is 8.42 Å². The first kappa shape index (κ1) is 14.8. The molecule has 0 spiro atoms. The monoisotopic (exact) mass is 270 g/mol. The van der Waals surface area contributed by atoms with Crippen LogP contribution in [0.25, 0.3) is 0 Å². The SMILES string of the molecule is CCC(C)(C)N(C)c1ccc(S(C)(=O)=O)cc1N. The standard InChI is InChI=1S/C13H22N2O2S/c1-6-13(2,3)15(4)12-8-7-10(9-11(12)14)18(5,16)17/h7-9H,6,14H2,1-5H3. The number of anilines is 2. The van der Waals surface area contributed by atoms with E-state index in [1.807, 2.05) is 7.05 Å². The van der Waals surface area contributed by atoms with Crippen molar-refractivity contribution >= 4 is 21.2 Å². The number of nitrogens with zero attached hydrogens (tertiary/aromatic N) is 1. The quantitative estimate of drug-likeness (QED) is 0.853. The zero-order chi connectivity index (χ0) is 14.1. The van der Waals surface area contributed by atoms with Gasteiger partial charge in [0.2, 0.25) is 0 Å². The summed E-state index contributed by atoms with van der Waals surface area (Å²) in [5.41, 5.74) is 7.28. The molecule has 1 rings (SSSR count). The third kappa shape index (κ3) is 2.96. The lowest BCUT2D eigenvalue weighted by atomic mass is 9.99. The highest BCUT2D eigenvalue weighted by Crippen LogP contribution is 2.31. The maximum atomic E-state index is 11.5. The third-order valence-electron chi connectivity index (χ3n) is 3.56. The van der Waals surface area contributed by atoms with Crippen LogP contribution in [0.4, 0.5) is 11.4 Å². The molecule has 18 heavy (non-hydrogen) atoms. The van der Waals surface area contributed by atoms with Crippen LogP contribution in [0.1, 0.15) is 27.2 Å². The summed E-state index contributed by atoms with van der Waals surface area (Å²) in [7, 11) is -1.24. The summed E-state index contributed by atoms with van der Waals surface area (Å²) in [5.74, 6) is 0. The second-order valence-corrected chi connectivity index (χ2v) is 7.23. The molecule has 0 aromatic heterocycles. The van der Waals surface area contributed by atoms with Crippen LogP contribution in [-0.4, -0.2) is 27.3 Å². The van der Waals surface area contributed by atoms with Crippen molar-refractivity contribution in [1.82, 2.24) is 0 Å². The van der Waals surface area contributed by atoms with Gasteiger partial charge in [-0.2, -0.15) is 0 Å². The normalized spacial score (nSPS) is 12.5. The highest BCUT2D eigenvalue weighted by molar-refractivity contribution is 7.90. The molecule has 0 unspecified atom stereocenters. The van der Waals surface area contributed by atoms with E-state index in [1.54, 1.807) is 12.1 Å².